The van der Waals surface area contributed by atoms with Gasteiger partial charge in [-0.3, -0.25) is 4.79 Å². The topological polar surface area (TPSA) is 59.4 Å². The van der Waals surface area contributed by atoms with Gasteiger partial charge in [-0.25, -0.2) is 0 Å². The Morgan fingerprint density at radius 1 is 1.20 bits per heavy atom. The van der Waals surface area contributed by atoms with Gasteiger partial charge in [-0.15, -0.1) is 0 Å². The van der Waals surface area contributed by atoms with Gasteiger partial charge >= 0.3 is 0 Å². The van der Waals surface area contributed by atoms with Crippen LogP contribution in [-0.4, -0.2) is 19.6 Å². The summed E-state index contributed by atoms with van der Waals surface area (Å²) in [5.41, 5.74) is 10.5. The van der Waals surface area contributed by atoms with E-state index in [0.717, 1.165) is 40.7 Å². The maximum absolute atomic E-state index is 12.3. The van der Waals surface area contributed by atoms with Gasteiger partial charge in [0.25, 0.3) is 5.01 Å². The highest BCUT2D eigenvalue weighted by Crippen LogP contribution is 2.48. The molecule has 3 aromatic rings. The number of anilines is 1. The number of fused-ring (bicyclic) bond motifs is 2. The summed E-state index contributed by atoms with van der Waals surface area (Å²) >= 11 is 3.55. The van der Waals surface area contributed by atoms with Crippen molar-refractivity contribution in [2.45, 2.75) is 38.1 Å². The number of amides is 1. The second-order valence-corrected chi connectivity index (χ2v) is 10.9. The van der Waals surface area contributed by atoms with Gasteiger partial charge in [-0.1, -0.05) is 41.3 Å². The molecule has 1 aliphatic heterocycles. The van der Waals surface area contributed by atoms with Crippen LogP contribution in [0.25, 0.3) is 16.3 Å². The lowest BCUT2D eigenvalue weighted by atomic mass is 9.85. The number of aromatic nitrogens is 1. The minimum Gasteiger partial charge on any atom is -0.497 e. The van der Waals surface area contributed by atoms with E-state index in [1.54, 1.807) is 30.2 Å². The number of nitrogens with zero attached hydrogens (tertiary/aromatic N) is 2. The maximum Gasteiger partial charge on any atom is 0.263 e. The Hall–Kier alpha value is -3.03. The van der Waals surface area contributed by atoms with Crippen LogP contribution < -0.4 is 19.9 Å². The zero-order valence-corrected chi connectivity index (χ0v) is 21.9. The van der Waals surface area contributed by atoms with Crippen molar-refractivity contribution in [3.8, 4) is 5.75 Å². The number of rotatable bonds is 6. The predicted octanol–water partition coefficient (Wildman–Crippen LogP) is 5.90. The van der Waals surface area contributed by atoms with Crippen LogP contribution >= 0.6 is 23.1 Å². The third-order valence-corrected chi connectivity index (χ3v) is 8.79. The van der Waals surface area contributed by atoms with Crippen molar-refractivity contribution >= 4 is 51.0 Å². The number of nitrogens with two attached hydrogens (primary N) is 1. The summed E-state index contributed by atoms with van der Waals surface area (Å²) in [5, 5.41) is 2.36. The quantitative estimate of drug-likeness (QED) is 0.425. The van der Waals surface area contributed by atoms with Crippen molar-refractivity contribution in [3.05, 3.63) is 75.8 Å². The summed E-state index contributed by atoms with van der Waals surface area (Å²) in [4.78, 5) is 15.8. The molecule has 35 heavy (non-hydrogen) atoms. The van der Waals surface area contributed by atoms with E-state index in [0.29, 0.717) is 12.8 Å². The number of hydrogen-bond acceptors (Lipinski definition) is 5. The van der Waals surface area contributed by atoms with E-state index >= 15 is 0 Å². The number of carbonyl (C=O) groups excluding carboxylic acids is 1. The number of para-hydroxylation sites is 1. The minimum absolute atomic E-state index is 0.202. The van der Waals surface area contributed by atoms with Crippen molar-refractivity contribution < 1.29 is 14.1 Å². The lowest BCUT2D eigenvalue weighted by molar-refractivity contribution is -0.665. The molecular formula is C28H30N3O2S2+. The Labute approximate surface area is 214 Å². The summed E-state index contributed by atoms with van der Waals surface area (Å²) in [6.45, 7) is 6.07. The molecule has 0 radical (unpaired) electrons. The van der Waals surface area contributed by atoms with E-state index in [2.05, 4.69) is 77.9 Å². The van der Waals surface area contributed by atoms with Gasteiger partial charge in [-0.05, 0) is 62.1 Å². The second kappa shape index (κ2) is 9.91. The lowest BCUT2D eigenvalue weighted by Crippen LogP contribution is -2.33. The van der Waals surface area contributed by atoms with Gasteiger partial charge in [0.2, 0.25) is 11.4 Å². The zero-order chi connectivity index (χ0) is 24.5. The monoisotopic (exact) mass is 504 g/mol. The van der Waals surface area contributed by atoms with Crippen LogP contribution in [-0.2, 0) is 11.3 Å². The molecule has 2 N–H and O–H groups in total. The SMILES string of the molecule is CCN1/C(=C/C2=CC(=C/c3sc4ccccc4[n+]3CC)/CC(C(N)=O)C2)Sc2ccc(OC)cc21. The molecule has 1 aliphatic carbocycles. The number of benzene rings is 2. The number of allylic oxidation sites excluding steroid dienone is 4. The molecule has 2 aliphatic rings. The van der Waals surface area contributed by atoms with E-state index in [-0.39, 0.29) is 11.8 Å². The molecule has 0 spiro atoms. The number of methoxy groups -OCH3 is 1. The van der Waals surface area contributed by atoms with E-state index in [1.165, 1.54) is 20.1 Å². The fraction of sp³-hybridized carbons (Fsp3) is 0.286. The molecule has 1 aromatic heterocycles. The number of thioether (sulfide) groups is 1. The lowest BCUT2D eigenvalue weighted by Gasteiger charge is -2.23. The van der Waals surface area contributed by atoms with Gasteiger partial charge in [-0.2, -0.15) is 4.57 Å². The first-order valence-electron chi connectivity index (χ1n) is 12.0. The molecule has 7 heteroatoms. The molecule has 5 nitrogen and oxygen atoms in total. The van der Waals surface area contributed by atoms with Crippen LogP contribution in [0.1, 0.15) is 31.7 Å². The molecule has 1 unspecified atom stereocenters. The van der Waals surface area contributed by atoms with Crippen molar-refractivity contribution in [1.82, 2.24) is 0 Å². The Morgan fingerprint density at radius 3 is 2.77 bits per heavy atom. The molecule has 2 aromatic carbocycles. The minimum atomic E-state index is -0.237. The Bertz CT molecular complexity index is 1390. The second-order valence-electron chi connectivity index (χ2n) is 8.76. The van der Waals surface area contributed by atoms with Crippen molar-refractivity contribution in [2.75, 3.05) is 18.6 Å². The fourth-order valence-electron chi connectivity index (χ4n) is 4.84. The van der Waals surface area contributed by atoms with E-state index in [4.69, 9.17) is 10.5 Å². The average molecular weight is 505 g/mol. The molecule has 2 heterocycles. The third-order valence-electron chi connectivity index (χ3n) is 6.56. The largest absolute Gasteiger partial charge is 0.497 e. The Balaban J connectivity index is 1.53. The fourth-order valence-corrected chi connectivity index (χ4v) is 7.23. The summed E-state index contributed by atoms with van der Waals surface area (Å²) in [5.74, 6) is 0.415. The van der Waals surface area contributed by atoms with E-state index < -0.39 is 0 Å². The van der Waals surface area contributed by atoms with Crippen LogP contribution in [0.4, 0.5) is 5.69 Å². The number of carbonyl (C=O) groups is 1. The molecule has 0 saturated heterocycles. The van der Waals surface area contributed by atoms with Gasteiger partial charge in [0.1, 0.15) is 17.0 Å². The normalized spacial score (nSPS) is 19.9. The first-order valence-corrected chi connectivity index (χ1v) is 13.6. The highest BCUT2D eigenvalue weighted by molar-refractivity contribution is 8.03. The number of hydrogen-bond donors (Lipinski definition) is 1. The zero-order valence-electron chi connectivity index (χ0n) is 20.3. The Morgan fingerprint density at radius 2 is 2.03 bits per heavy atom. The highest BCUT2D eigenvalue weighted by atomic mass is 32.2. The number of ether oxygens (including phenoxy) is 1. The van der Waals surface area contributed by atoms with Crippen molar-refractivity contribution in [1.29, 1.82) is 0 Å². The molecule has 0 bridgehead atoms. The van der Waals surface area contributed by atoms with Gasteiger partial charge < -0.3 is 15.4 Å². The average Bonchev–Trinajstić information content (AvgIpc) is 3.39. The van der Waals surface area contributed by atoms with E-state index in [1.807, 2.05) is 6.07 Å². The summed E-state index contributed by atoms with van der Waals surface area (Å²) < 4.78 is 9.05. The van der Waals surface area contributed by atoms with E-state index in [9.17, 15) is 4.79 Å². The molecule has 0 fully saturated rings. The first-order chi connectivity index (χ1) is 17.0. The molecular weight excluding hydrogens is 474 g/mol. The molecule has 0 saturated carbocycles. The van der Waals surface area contributed by atoms with Crippen molar-refractivity contribution in [3.63, 3.8) is 0 Å². The van der Waals surface area contributed by atoms with Crippen LogP contribution in [0.2, 0.25) is 0 Å². The van der Waals surface area contributed by atoms with Crippen LogP contribution in [0.5, 0.6) is 5.75 Å². The van der Waals surface area contributed by atoms with Crippen LogP contribution in [0.3, 0.4) is 0 Å². The van der Waals surface area contributed by atoms with Crippen LogP contribution in [0.15, 0.2) is 75.7 Å². The molecule has 180 valence electrons. The van der Waals surface area contributed by atoms with Gasteiger partial charge in [0.15, 0.2) is 0 Å². The first kappa shape index (κ1) is 23.7. The summed E-state index contributed by atoms with van der Waals surface area (Å²) in [7, 11) is 1.69. The number of primary amides is 1. The van der Waals surface area contributed by atoms with Gasteiger partial charge in [0, 0.05) is 35.6 Å². The van der Waals surface area contributed by atoms with Crippen molar-refractivity contribution in [2.24, 2.45) is 11.7 Å². The summed E-state index contributed by atoms with van der Waals surface area (Å²) in [6, 6.07) is 14.7. The standard InChI is InChI=1S/C28H29N3O2S2/c1-4-30-22-8-6-7-9-24(22)34-26(30)15-18-12-19(14-20(13-18)28(29)32)16-27-31(5-2)23-17-21(33-3)10-11-25(23)35-27/h6-12,15-17,20H,4-5,13-14H2,1-3H3,(H-,29,32)/p+1. The molecule has 5 rings (SSSR count). The number of thiazole rings is 1. The van der Waals surface area contributed by atoms with Gasteiger partial charge in [0.05, 0.1) is 17.8 Å². The Kier molecular flexibility index (Phi) is 6.71. The highest BCUT2D eigenvalue weighted by Gasteiger charge is 2.28. The smallest absolute Gasteiger partial charge is 0.263 e. The molecule has 1 amide bonds. The number of aryl methyl sites for hydroxylation is 1. The third kappa shape index (κ3) is 4.62. The molecule has 1 atom stereocenters. The summed E-state index contributed by atoms with van der Waals surface area (Å²) in [6.07, 6.45) is 8.04. The predicted molar refractivity (Wildman–Crippen MR) is 146 cm³/mol. The maximum atomic E-state index is 12.3. The van der Waals surface area contributed by atoms with Crippen LogP contribution in [0, 0.1) is 5.92 Å².